The second-order valence-corrected chi connectivity index (χ2v) is 22.6. The van der Waals surface area contributed by atoms with Gasteiger partial charge in [0.05, 0.1) is 5.92 Å². The number of cyclic esters (lactones) is 1. The van der Waals surface area contributed by atoms with Crippen molar-refractivity contribution in [1.29, 1.82) is 0 Å². The van der Waals surface area contributed by atoms with Gasteiger partial charge in [0.15, 0.2) is 6.10 Å². The Morgan fingerprint density at radius 3 is 1.41 bits per heavy atom. The summed E-state index contributed by atoms with van der Waals surface area (Å²) in [5.74, 6) is -7.59. The predicted octanol–water partition coefficient (Wildman–Crippen LogP) is 2.96. The van der Waals surface area contributed by atoms with E-state index in [4.69, 9.17) is 11.2 Å². The molecule has 2 heterocycles. The van der Waals surface area contributed by atoms with E-state index in [0.29, 0.717) is 32.1 Å². The molecule has 2 aliphatic rings. The standard InChI is InChI=1S/C55H93N9O11/c1-21-23-24-26-38-35(14)55(74)75-45(33(11)12)54(73)61(18)37(16)47(66)58-41(30(5)6)52(71)63(20)44(32(9)10)49(68)59-42(34(13)22-2)53(72)64-28-25-27-39(64)50(69)60(17)36(15)46(65)57-40(29(3)4)51(70)62(19)43(31(7)8)48(67)56-38/h1,29-45H,22-28H2,2-20H3,(H,56,67)(H,57,65)(H,58,66)(H,59,68). The summed E-state index contributed by atoms with van der Waals surface area (Å²) in [5.41, 5.74) is 0. The fraction of sp³-hybridized carbons (Fsp3) is 0.782. The van der Waals surface area contributed by atoms with Crippen molar-refractivity contribution in [1.82, 2.24) is 45.8 Å². The highest BCUT2D eigenvalue weighted by atomic mass is 16.5. The molecule has 0 aromatic carbocycles. The number of rotatable bonds is 10. The van der Waals surface area contributed by atoms with Gasteiger partial charge in [-0.1, -0.05) is 89.5 Å². The number of terminal acetylenes is 1. The quantitative estimate of drug-likeness (QED) is 0.141. The van der Waals surface area contributed by atoms with E-state index in [9.17, 15) is 47.9 Å². The molecule has 12 unspecified atom stereocenters. The lowest BCUT2D eigenvalue weighted by atomic mass is 9.93. The number of esters is 1. The number of likely N-dealkylation sites (N-methyl/N-ethyl adjacent to an activating group) is 4. The maximum Gasteiger partial charge on any atom is 0.311 e. The van der Waals surface area contributed by atoms with Crippen LogP contribution in [0.5, 0.6) is 0 Å². The van der Waals surface area contributed by atoms with E-state index in [0.717, 1.165) is 4.90 Å². The highest BCUT2D eigenvalue weighted by molar-refractivity contribution is 5.99. The minimum Gasteiger partial charge on any atom is -0.452 e. The van der Waals surface area contributed by atoms with Crippen LogP contribution >= 0.6 is 0 Å². The van der Waals surface area contributed by atoms with Crippen LogP contribution < -0.4 is 21.3 Å². The third kappa shape index (κ3) is 16.4. The van der Waals surface area contributed by atoms with Gasteiger partial charge in [-0.05, 0) is 82.0 Å². The number of nitrogens with one attached hydrogen (secondary N) is 4. The lowest BCUT2D eigenvalue weighted by molar-refractivity contribution is -0.168. The second-order valence-electron chi connectivity index (χ2n) is 22.6. The minimum atomic E-state index is -1.37. The molecule has 0 aliphatic carbocycles. The van der Waals surface area contributed by atoms with E-state index in [-0.39, 0.29) is 13.0 Å². The van der Waals surface area contributed by atoms with E-state index in [1.54, 1.807) is 83.1 Å². The summed E-state index contributed by atoms with van der Waals surface area (Å²) in [4.78, 5) is 150. The SMILES string of the molecule is C#CCCCC1NC(=O)C(C(C)C)N(C)C(=O)C(C(C)C)NC(=O)C(C)N(C)C(=O)C2CCCN2C(=O)C(C(C)CC)NC(=O)C(C(C)C)N(C)C(=O)C(C(C)C)NC(=O)C(C)N(C)C(=O)C(C(C)C)OC(=O)C1C. The number of nitrogens with zero attached hydrogens (tertiary/aromatic N) is 5. The zero-order chi connectivity index (χ0) is 57.7. The van der Waals surface area contributed by atoms with E-state index in [2.05, 4.69) is 27.2 Å². The molecule has 2 rings (SSSR count). The number of fused-ring (bicyclic) bond motifs is 1. The Bertz CT molecular complexity index is 2090. The van der Waals surface area contributed by atoms with E-state index >= 15 is 0 Å². The summed E-state index contributed by atoms with van der Waals surface area (Å²) >= 11 is 0. The van der Waals surface area contributed by atoms with Crippen LogP contribution in [0.15, 0.2) is 0 Å². The van der Waals surface area contributed by atoms with Crippen molar-refractivity contribution in [3.63, 3.8) is 0 Å². The molecule has 20 nitrogen and oxygen atoms in total. The van der Waals surface area contributed by atoms with Crippen molar-refractivity contribution in [3.05, 3.63) is 0 Å². The van der Waals surface area contributed by atoms with Crippen LogP contribution in [0.1, 0.15) is 142 Å². The number of carbonyl (C=O) groups excluding carboxylic acids is 10. The van der Waals surface area contributed by atoms with Crippen LogP contribution in [0.3, 0.4) is 0 Å². The molecule has 2 aliphatic heterocycles. The zero-order valence-corrected chi connectivity index (χ0v) is 48.6. The Balaban J connectivity index is 2.83. The molecule has 4 N–H and O–H groups in total. The van der Waals surface area contributed by atoms with Gasteiger partial charge in [0.1, 0.15) is 48.3 Å². The van der Waals surface area contributed by atoms with Crippen LogP contribution in [0.25, 0.3) is 0 Å². The first-order valence-electron chi connectivity index (χ1n) is 27.0. The Morgan fingerprint density at radius 2 is 1.00 bits per heavy atom. The van der Waals surface area contributed by atoms with Gasteiger partial charge in [-0.2, -0.15) is 0 Å². The molecule has 424 valence electrons. The molecule has 9 amide bonds. The molecule has 0 spiro atoms. The lowest BCUT2D eigenvalue weighted by Crippen LogP contribution is -2.62. The van der Waals surface area contributed by atoms with Crippen molar-refractivity contribution in [3.8, 4) is 12.3 Å². The van der Waals surface area contributed by atoms with E-state index in [1.165, 1.54) is 61.6 Å². The Morgan fingerprint density at radius 1 is 0.560 bits per heavy atom. The second kappa shape index (κ2) is 29.0. The molecule has 2 saturated heterocycles. The van der Waals surface area contributed by atoms with E-state index in [1.807, 2.05) is 6.92 Å². The summed E-state index contributed by atoms with van der Waals surface area (Å²) in [6, 6.07) is -9.76. The summed E-state index contributed by atoms with van der Waals surface area (Å²) in [6.45, 7) is 25.7. The largest absolute Gasteiger partial charge is 0.452 e. The fourth-order valence-corrected chi connectivity index (χ4v) is 9.70. The topological polar surface area (TPSA) is 244 Å². The number of hydrogen-bond acceptors (Lipinski definition) is 11. The zero-order valence-electron chi connectivity index (χ0n) is 48.6. The Kier molecular flexibility index (Phi) is 25.2. The highest BCUT2D eigenvalue weighted by Gasteiger charge is 2.45. The minimum absolute atomic E-state index is 0.209. The van der Waals surface area contributed by atoms with Crippen molar-refractivity contribution in [2.24, 2.45) is 41.4 Å². The van der Waals surface area contributed by atoms with Crippen molar-refractivity contribution >= 4 is 59.1 Å². The average Bonchev–Trinajstić information content (AvgIpc) is 3.84. The van der Waals surface area contributed by atoms with E-state index < -0.39 is 161 Å². The number of unbranched alkanes of at least 4 members (excludes halogenated alkanes) is 1. The maximum absolute atomic E-state index is 14.7. The first kappa shape index (κ1) is 65.4. The van der Waals surface area contributed by atoms with Crippen molar-refractivity contribution in [2.45, 2.75) is 203 Å². The van der Waals surface area contributed by atoms with Gasteiger partial charge >= 0.3 is 5.97 Å². The lowest BCUT2D eigenvalue weighted by Gasteiger charge is -2.38. The molecule has 75 heavy (non-hydrogen) atoms. The molecule has 0 radical (unpaired) electrons. The van der Waals surface area contributed by atoms with Gasteiger partial charge in [0, 0.05) is 47.2 Å². The monoisotopic (exact) mass is 1060 g/mol. The van der Waals surface area contributed by atoms with Gasteiger partial charge in [0.2, 0.25) is 47.3 Å². The molecular formula is C55H93N9O11. The highest BCUT2D eigenvalue weighted by Crippen LogP contribution is 2.26. The third-order valence-corrected chi connectivity index (χ3v) is 15.2. The van der Waals surface area contributed by atoms with Crippen LogP contribution in [-0.2, 0) is 52.7 Å². The van der Waals surface area contributed by atoms with Crippen molar-refractivity contribution in [2.75, 3.05) is 34.7 Å². The van der Waals surface area contributed by atoms with Crippen molar-refractivity contribution < 1.29 is 52.7 Å². The number of carbonyl (C=O) groups is 10. The normalized spacial score (nSPS) is 29.3. The van der Waals surface area contributed by atoms with Gasteiger partial charge < -0.3 is 50.5 Å². The van der Waals surface area contributed by atoms with Gasteiger partial charge in [-0.15, -0.1) is 12.3 Å². The van der Waals surface area contributed by atoms with Crippen LogP contribution in [0.2, 0.25) is 0 Å². The summed E-state index contributed by atoms with van der Waals surface area (Å²) in [6.07, 6.45) is 6.42. The molecule has 2 fully saturated rings. The van der Waals surface area contributed by atoms with Crippen LogP contribution in [-0.4, -0.2) is 179 Å². The molecule has 0 aromatic rings. The maximum atomic E-state index is 14.7. The Hall–Kier alpha value is -5.74. The Labute approximate surface area is 447 Å². The number of hydrogen-bond donors (Lipinski definition) is 4. The van der Waals surface area contributed by atoms with Gasteiger partial charge in [-0.3, -0.25) is 47.9 Å². The number of ether oxygens (including phenoxy) is 1. The fourth-order valence-electron chi connectivity index (χ4n) is 9.70. The molecule has 12 atom stereocenters. The summed E-state index contributed by atoms with van der Waals surface area (Å²) < 4.78 is 5.94. The first-order chi connectivity index (χ1) is 34.8. The molecule has 0 saturated carbocycles. The van der Waals surface area contributed by atoms with Gasteiger partial charge in [0.25, 0.3) is 5.91 Å². The number of amides is 9. The van der Waals surface area contributed by atoms with Gasteiger partial charge in [-0.25, -0.2) is 0 Å². The van der Waals surface area contributed by atoms with Crippen LogP contribution in [0, 0.1) is 53.8 Å². The molecular weight excluding hydrogens is 963 g/mol. The third-order valence-electron chi connectivity index (χ3n) is 15.2. The smallest absolute Gasteiger partial charge is 0.311 e. The molecule has 0 bridgehead atoms. The first-order valence-corrected chi connectivity index (χ1v) is 27.0. The predicted molar refractivity (Wildman–Crippen MR) is 285 cm³/mol. The summed E-state index contributed by atoms with van der Waals surface area (Å²) in [5, 5.41) is 11.5. The summed E-state index contributed by atoms with van der Waals surface area (Å²) in [7, 11) is 5.75. The molecule has 20 heteroatoms. The average molecular weight is 1060 g/mol. The molecule has 0 aromatic heterocycles. The van der Waals surface area contributed by atoms with Crippen LogP contribution in [0.4, 0.5) is 0 Å².